The van der Waals surface area contributed by atoms with Gasteiger partial charge in [-0.3, -0.25) is 4.79 Å². The van der Waals surface area contributed by atoms with Gasteiger partial charge in [-0.1, -0.05) is 17.3 Å². The van der Waals surface area contributed by atoms with Crippen LogP contribution in [0.4, 0.5) is 19.0 Å². The summed E-state index contributed by atoms with van der Waals surface area (Å²) in [5.41, 5.74) is 2.76. The van der Waals surface area contributed by atoms with Gasteiger partial charge in [0.05, 0.1) is 18.0 Å². The fraction of sp³-hybridized carbons (Fsp3) is 0.423. The third kappa shape index (κ3) is 7.78. The quantitative estimate of drug-likeness (QED) is 0.246. The van der Waals surface area contributed by atoms with Gasteiger partial charge in [-0.05, 0) is 70.9 Å². The maximum absolute atomic E-state index is 12.6. The van der Waals surface area contributed by atoms with Crippen LogP contribution in [0.3, 0.4) is 0 Å². The maximum Gasteiger partial charge on any atom is 0.491 e. The number of hydrogen-bond acceptors (Lipinski definition) is 9. The van der Waals surface area contributed by atoms with Crippen molar-refractivity contribution in [3.05, 3.63) is 63.3 Å². The summed E-state index contributed by atoms with van der Waals surface area (Å²) in [6, 6.07) is 9.09. The van der Waals surface area contributed by atoms with Crippen LogP contribution in [-0.4, -0.2) is 46.9 Å². The van der Waals surface area contributed by atoms with Gasteiger partial charge in [0.25, 0.3) is 0 Å². The number of aromatic nitrogens is 3. The fourth-order valence-electron chi connectivity index (χ4n) is 4.27. The molecule has 208 valence electrons. The minimum atomic E-state index is -5.28. The number of ether oxygens (including phenoxy) is 2. The summed E-state index contributed by atoms with van der Waals surface area (Å²) >= 11 is 3.36. The lowest BCUT2D eigenvalue weighted by molar-refractivity contribution is -0.202. The summed E-state index contributed by atoms with van der Waals surface area (Å²) in [6.07, 6.45) is -1.66. The topological polar surface area (TPSA) is 116 Å². The number of rotatable bonds is 10. The summed E-state index contributed by atoms with van der Waals surface area (Å²) in [5, 5.41) is 7.32. The number of esters is 2. The Morgan fingerprint density at radius 1 is 1.18 bits per heavy atom. The average Bonchev–Trinajstić information content (AvgIpc) is 3.34. The molecule has 1 aliphatic rings. The van der Waals surface area contributed by atoms with Gasteiger partial charge < -0.3 is 19.3 Å². The minimum Gasteiger partial charge on any atom is -0.496 e. The van der Waals surface area contributed by atoms with Gasteiger partial charge in [-0.2, -0.15) is 18.2 Å². The normalized spacial score (nSPS) is 13.8. The van der Waals surface area contributed by atoms with Gasteiger partial charge in [0.15, 0.2) is 5.82 Å². The van der Waals surface area contributed by atoms with Gasteiger partial charge >= 0.3 is 18.1 Å². The highest BCUT2D eigenvalue weighted by molar-refractivity contribution is 9.10. The SMILES string of the molecule is COc1ccc(C(CC(=O)OC(=O)C(F)(F)F)Cc2nc(CCCc3ccc4c(n3)NCCC4)no2)cc1Br. The molecule has 39 heavy (non-hydrogen) atoms. The van der Waals surface area contributed by atoms with E-state index in [1.165, 1.54) is 12.7 Å². The van der Waals surface area contributed by atoms with Crippen LogP contribution in [0.25, 0.3) is 0 Å². The van der Waals surface area contributed by atoms with Crippen molar-refractivity contribution in [3.63, 3.8) is 0 Å². The van der Waals surface area contributed by atoms with Crippen molar-refractivity contribution < 1.29 is 36.8 Å². The summed E-state index contributed by atoms with van der Waals surface area (Å²) in [5.74, 6) is -2.46. The van der Waals surface area contributed by atoms with E-state index in [9.17, 15) is 22.8 Å². The number of hydrogen-bond donors (Lipinski definition) is 1. The molecule has 9 nitrogen and oxygen atoms in total. The van der Waals surface area contributed by atoms with Gasteiger partial charge in [0.2, 0.25) is 5.89 Å². The molecule has 0 amide bonds. The van der Waals surface area contributed by atoms with E-state index in [1.54, 1.807) is 18.2 Å². The summed E-state index contributed by atoms with van der Waals surface area (Å²) in [6.45, 7) is 0.917. The molecular weight excluding hydrogens is 585 g/mol. The fourth-order valence-corrected chi connectivity index (χ4v) is 4.83. The zero-order chi connectivity index (χ0) is 28.0. The first-order valence-electron chi connectivity index (χ1n) is 12.3. The Hall–Kier alpha value is -3.48. The molecule has 0 bridgehead atoms. The lowest BCUT2D eigenvalue weighted by Gasteiger charge is -2.17. The Bertz CT molecular complexity index is 1330. The molecule has 0 saturated carbocycles. The van der Waals surface area contributed by atoms with E-state index in [0.29, 0.717) is 28.0 Å². The molecule has 0 spiro atoms. The van der Waals surface area contributed by atoms with Crippen LogP contribution in [0.1, 0.15) is 53.7 Å². The van der Waals surface area contributed by atoms with Crippen molar-refractivity contribution >= 4 is 33.7 Å². The third-order valence-corrected chi connectivity index (χ3v) is 6.83. The summed E-state index contributed by atoms with van der Waals surface area (Å²) < 4.78 is 52.8. The molecule has 0 saturated heterocycles. The first kappa shape index (κ1) is 28.5. The average molecular weight is 611 g/mol. The summed E-state index contributed by atoms with van der Waals surface area (Å²) in [7, 11) is 1.48. The molecule has 13 heteroatoms. The molecular formula is C26H26BrF3N4O5. The van der Waals surface area contributed by atoms with Crippen LogP contribution in [-0.2, 0) is 40.0 Å². The number of carbonyl (C=O) groups excluding carboxylic acids is 2. The highest BCUT2D eigenvalue weighted by Gasteiger charge is 2.42. The largest absolute Gasteiger partial charge is 0.496 e. The third-order valence-electron chi connectivity index (χ3n) is 6.21. The second-order valence-electron chi connectivity index (χ2n) is 9.06. The van der Waals surface area contributed by atoms with E-state index in [-0.39, 0.29) is 12.3 Å². The Labute approximate surface area is 230 Å². The molecule has 2 aromatic heterocycles. The lowest BCUT2D eigenvalue weighted by atomic mass is 9.92. The molecule has 0 radical (unpaired) electrons. The van der Waals surface area contributed by atoms with E-state index in [4.69, 9.17) is 9.26 Å². The lowest BCUT2D eigenvalue weighted by Crippen LogP contribution is -2.28. The van der Waals surface area contributed by atoms with E-state index in [1.807, 2.05) is 6.07 Å². The van der Waals surface area contributed by atoms with E-state index >= 15 is 0 Å². The molecule has 1 unspecified atom stereocenters. The highest BCUT2D eigenvalue weighted by Crippen LogP contribution is 2.32. The summed E-state index contributed by atoms with van der Waals surface area (Å²) in [4.78, 5) is 32.4. The van der Waals surface area contributed by atoms with Gasteiger partial charge in [0, 0.05) is 31.0 Å². The van der Waals surface area contributed by atoms with E-state index in [2.05, 4.69) is 47.2 Å². The number of aryl methyl sites for hydroxylation is 3. The number of carbonyl (C=O) groups is 2. The smallest absolute Gasteiger partial charge is 0.491 e. The number of nitrogens with zero attached hydrogens (tertiary/aromatic N) is 3. The van der Waals surface area contributed by atoms with Crippen LogP contribution >= 0.6 is 15.9 Å². The van der Waals surface area contributed by atoms with E-state index < -0.39 is 30.5 Å². The number of halogens is 4. The molecule has 1 atom stereocenters. The monoisotopic (exact) mass is 610 g/mol. The predicted molar refractivity (Wildman–Crippen MR) is 136 cm³/mol. The molecule has 1 aliphatic heterocycles. The van der Waals surface area contributed by atoms with Crippen LogP contribution in [0.15, 0.2) is 39.3 Å². The Morgan fingerprint density at radius 2 is 2.00 bits per heavy atom. The van der Waals surface area contributed by atoms with Crippen molar-refractivity contribution in [1.29, 1.82) is 0 Å². The van der Waals surface area contributed by atoms with Crippen LogP contribution in [0.2, 0.25) is 0 Å². The van der Waals surface area contributed by atoms with Crippen LogP contribution < -0.4 is 10.1 Å². The Kier molecular flexibility index (Phi) is 9.20. The molecule has 0 aliphatic carbocycles. The standard InChI is InChI=1S/C26H26BrF3N4O5/c1-37-20-10-8-16(12-19(20)27)17(14-23(35)38-25(36)26(28,29)30)13-22-33-21(34-39-22)6-2-5-18-9-7-15-4-3-11-31-24(15)32-18/h7-10,12,17H,2-6,11,13-14H2,1H3,(H,31,32). The number of alkyl halides is 3. The first-order valence-corrected chi connectivity index (χ1v) is 13.1. The van der Waals surface area contributed by atoms with Gasteiger partial charge in [0.1, 0.15) is 11.6 Å². The maximum atomic E-state index is 12.6. The van der Waals surface area contributed by atoms with Gasteiger partial charge in [-0.15, -0.1) is 0 Å². The molecule has 1 N–H and O–H groups in total. The highest BCUT2D eigenvalue weighted by atomic mass is 79.9. The molecule has 3 aromatic rings. The van der Waals surface area contributed by atoms with Crippen molar-refractivity contribution in [2.45, 2.75) is 57.0 Å². The molecule has 1 aromatic carbocycles. The number of fused-ring (bicyclic) bond motifs is 1. The predicted octanol–water partition coefficient (Wildman–Crippen LogP) is 5.12. The molecule has 3 heterocycles. The Morgan fingerprint density at radius 3 is 2.74 bits per heavy atom. The van der Waals surface area contributed by atoms with E-state index in [0.717, 1.165) is 43.7 Å². The number of nitrogens with one attached hydrogen (secondary N) is 1. The Balaban J connectivity index is 1.40. The minimum absolute atomic E-state index is 0.0408. The second-order valence-corrected chi connectivity index (χ2v) is 9.91. The van der Waals surface area contributed by atoms with Crippen LogP contribution in [0.5, 0.6) is 5.75 Å². The van der Waals surface area contributed by atoms with Crippen molar-refractivity contribution in [1.82, 2.24) is 15.1 Å². The number of benzene rings is 1. The van der Waals surface area contributed by atoms with Gasteiger partial charge in [-0.25, -0.2) is 9.78 Å². The first-order chi connectivity index (χ1) is 18.6. The molecule has 0 fully saturated rings. The number of anilines is 1. The van der Waals surface area contributed by atoms with Crippen molar-refractivity contribution in [2.24, 2.45) is 0 Å². The zero-order valence-electron chi connectivity index (χ0n) is 21.0. The van der Waals surface area contributed by atoms with Crippen LogP contribution in [0, 0.1) is 0 Å². The number of pyridine rings is 1. The zero-order valence-corrected chi connectivity index (χ0v) is 22.6. The number of methoxy groups -OCH3 is 1. The van der Waals surface area contributed by atoms with Crippen molar-refractivity contribution in [3.8, 4) is 5.75 Å². The molecule has 4 rings (SSSR count). The van der Waals surface area contributed by atoms with Crippen molar-refractivity contribution in [2.75, 3.05) is 19.0 Å². The second kappa shape index (κ2) is 12.6.